The van der Waals surface area contributed by atoms with Crippen LogP contribution < -0.4 is 5.32 Å². The maximum Gasteiger partial charge on any atom is 0.138 e. The lowest BCUT2D eigenvalue weighted by Gasteiger charge is -2.13. The summed E-state index contributed by atoms with van der Waals surface area (Å²) in [4.78, 5) is 4.22. The zero-order valence-corrected chi connectivity index (χ0v) is 10.2. The molecule has 86 valence electrons. The first-order valence-electron chi connectivity index (χ1n) is 5.63. The first kappa shape index (κ1) is 12.2. The molecule has 1 rings (SSSR count). The Morgan fingerprint density at radius 1 is 1.33 bits per heavy atom. The quantitative estimate of drug-likeness (QED) is 0.768. The zero-order chi connectivity index (χ0) is 11.3. The van der Waals surface area contributed by atoms with Crippen LogP contribution in [0.15, 0.2) is 6.33 Å². The van der Waals surface area contributed by atoms with Crippen molar-refractivity contribution in [3.8, 4) is 0 Å². The molecule has 0 saturated carbocycles. The van der Waals surface area contributed by atoms with Crippen LogP contribution in [0.2, 0.25) is 0 Å². The van der Waals surface area contributed by atoms with Crippen molar-refractivity contribution in [1.82, 2.24) is 20.1 Å². The van der Waals surface area contributed by atoms with Crippen molar-refractivity contribution in [3.63, 3.8) is 0 Å². The van der Waals surface area contributed by atoms with E-state index in [-0.39, 0.29) is 0 Å². The predicted octanol–water partition coefficient (Wildman–Crippen LogP) is 1.24. The largest absolute Gasteiger partial charge is 0.316 e. The Balaban J connectivity index is 2.24. The van der Waals surface area contributed by atoms with Gasteiger partial charge in [0.2, 0.25) is 0 Å². The van der Waals surface area contributed by atoms with Gasteiger partial charge in [-0.3, -0.25) is 4.68 Å². The van der Waals surface area contributed by atoms with E-state index in [1.165, 1.54) is 0 Å². The molecule has 1 unspecified atom stereocenters. The topological polar surface area (TPSA) is 42.7 Å². The molecular weight excluding hydrogens is 188 g/mol. The van der Waals surface area contributed by atoms with Gasteiger partial charge in [0.05, 0.1) is 0 Å². The zero-order valence-electron chi connectivity index (χ0n) is 10.2. The molecule has 1 aromatic rings. The van der Waals surface area contributed by atoms with Gasteiger partial charge < -0.3 is 5.32 Å². The van der Waals surface area contributed by atoms with Gasteiger partial charge in [-0.15, -0.1) is 0 Å². The molecule has 0 spiro atoms. The highest BCUT2D eigenvalue weighted by molar-refractivity contribution is 4.85. The van der Waals surface area contributed by atoms with E-state index in [2.05, 4.69) is 36.2 Å². The van der Waals surface area contributed by atoms with Crippen LogP contribution in [0.4, 0.5) is 0 Å². The van der Waals surface area contributed by atoms with Crippen LogP contribution in [0.3, 0.4) is 0 Å². The molecule has 0 aliphatic rings. The van der Waals surface area contributed by atoms with Crippen LogP contribution in [-0.4, -0.2) is 27.9 Å². The van der Waals surface area contributed by atoms with Gasteiger partial charge >= 0.3 is 0 Å². The highest BCUT2D eigenvalue weighted by Gasteiger charge is 2.07. The summed E-state index contributed by atoms with van der Waals surface area (Å²) in [6.07, 6.45) is 2.60. The maximum atomic E-state index is 4.22. The van der Waals surface area contributed by atoms with Crippen molar-refractivity contribution in [2.24, 2.45) is 18.9 Å². The Kier molecular flexibility index (Phi) is 4.75. The van der Waals surface area contributed by atoms with Crippen LogP contribution in [0, 0.1) is 11.8 Å². The lowest BCUT2D eigenvalue weighted by atomic mass is 10.1. The molecule has 4 heteroatoms. The Morgan fingerprint density at radius 2 is 2.07 bits per heavy atom. The highest BCUT2D eigenvalue weighted by atomic mass is 15.3. The first-order chi connectivity index (χ1) is 7.09. The molecule has 0 aromatic carbocycles. The van der Waals surface area contributed by atoms with Gasteiger partial charge in [-0.2, -0.15) is 5.10 Å². The molecule has 1 aromatic heterocycles. The number of hydrogen-bond acceptors (Lipinski definition) is 3. The smallest absolute Gasteiger partial charge is 0.138 e. The van der Waals surface area contributed by atoms with Crippen LogP contribution in [-0.2, 0) is 13.5 Å². The van der Waals surface area contributed by atoms with Crippen LogP contribution in [0.1, 0.15) is 26.6 Å². The molecule has 0 radical (unpaired) electrons. The van der Waals surface area contributed by atoms with Crippen molar-refractivity contribution < 1.29 is 0 Å². The fraction of sp³-hybridized carbons (Fsp3) is 0.818. The minimum atomic E-state index is 0.603. The van der Waals surface area contributed by atoms with Gasteiger partial charge in [0.25, 0.3) is 0 Å². The van der Waals surface area contributed by atoms with Gasteiger partial charge in [-0.25, -0.2) is 4.98 Å². The summed E-state index contributed by atoms with van der Waals surface area (Å²) in [5, 5.41) is 7.52. The summed E-state index contributed by atoms with van der Waals surface area (Å²) in [6, 6.07) is 0. The molecule has 0 fully saturated rings. The molecule has 1 N–H and O–H groups in total. The summed E-state index contributed by atoms with van der Waals surface area (Å²) in [7, 11) is 1.94. The summed E-state index contributed by atoms with van der Waals surface area (Å²) >= 11 is 0. The van der Waals surface area contributed by atoms with Crippen molar-refractivity contribution in [2.45, 2.75) is 27.2 Å². The van der Waals surface area contributed by atoms with E-state index in [0.717, 1.165) is 25.3 Å². The lowest BCUT2D eigenvalue weighted by Crippen LogP contribution is -2.26. The maximum absolute atomic E-state index is 4.22. The third kappa shape index (κ3) is 4.42. The van der Waals surface area contributed by atoms with E-state index in [9.17, 15) is 0 Å². The normalized spacial score (nSPS) is 13.4. The number of hydrogen-bond donors (Lipinski definition) is 1. The highest BCUT2D eigenvalue weighted by Crippen LogP contribution is 2.03. The number of nitrogens with one attached hydrogen (secondary N) is 1. The van der Waals surface area contributed by atoms with Crippen LogP contribution in [0.25, 0.3) is 0 Å². The second-order valence-electron chi connectivity index (χ2n) is 4.66. The van der Waals surface area contributed by atoms with Crippen LogP contribution in [0.5, 0.6) is 0 Å². The molecule has 1 heterocycles. The van der Waals surface area contributed by atoms with E-state index in [4.69, 9.17) is 0 Å². The number of rotatable bonds is 6. The predicted molar refractivity (Wildman–Crippen MR) is 61.6 cm³/mol. The molecular formula is C11H22N4. The SMILES string of the molecule is CC(C)CNCC(C)Cc1ncnn1C. The van der Waals surface area contributed by atoms with Gasteiger partial charge in [0, 0.05) is 13.5 Å². The summed E-state index contributed by atoms with van der Waals surface area (Å²) in [5.41, 5.74) is 0. The van der Waals surface area contributed by atoms with E-state index in [1.54, 1.807) is 6.33 Å². The first-order valence-corrected chi connectivity index (χ1v) is 5.63. The van der Waals surface area contributed by atoms with Crippen molar-refractivity contribution in [1.29, 1.82) is 0 Å². The second kappa shape index (κ2) is 5.85. The summed E-state index contributed by atoms with van der Waals surface area (Å²) in [6.45, 7) is 8.82. The average molecular weight is 210 g/mol. The molecule has 0 amide bonds. The third-order valence-electron chi connectivity index (χ3n) is 2.38. The fourth-order valence-corrected chi connectivity index (χ4v) is 1.51. The summed E-state index contributed by atoms with van der Waals surface area (Å²) in [5.74, 6) is 2.38. The molecule has 1 atom stereocenters. The number of aromatic nitrogens is 3. The van der Waals surface area contributed by atoms with Crippen molar-refractivity contribution >= 4 is 0 Å². The van der Waals surface area contributed by atoms with Gasteiger partial charge in [-0.1, -0.05) is 20.8 Å². The Labute approximate surface area is 92.1 Å². The summed E-state index contributed by atoms with van der Waals surface area (Å²) < 4.78 is 1.85. The molecule has 0 bridgehead atoms. The third-order valence-corrected chi connectivity index (χ3v) is 2.38. The molecule has 0 aliphatic carbocycles. The minimum Gasteiger partial charge on any atom is -0.316 e. The standard InChI is InChI=1S/C11H22N4/c1-9(2)6-12-7-10(3)5-11-13-8-14-15(11)4/h8-10,12H,5-7H2,1-4H3. The van der Waals surface area contributed by atoms with Crippen molar-refractivity contribution in [3.05, 3.63) is 12.2 Å². The molecule has 4 nitrogen and oxygen atoms in total. The van der Waals surface area contributed by atoms with Gasteiger partial charge in [-0.05, 0) is 24.9 Å². The van der Waals surface area contributed by atoms with E-state index in [1.807, 2.05) is 11.7 Å². The van der Waals surface area contributed by atoms with E-state index in [0.29, 0.717) is 11.8 Å². The second-order valence-corrected chi connectivity index (χ2v) is 4.66. The number of nitrogens with zero attached hydrogens (tertiary/aromatic N) is 3. The average Bonchev–Trinajstić information content (AvgIpc) is 2.51. The van der Waals surface area contributed by atoms with Crippen molar-refractivity contribution in [2.75, 3.05) is 13.1 Å². The Hall–Kier alpha value is -0.900. The minimum absolute atomic E-state index is 0.603. The van der Waals surface area contributed by atoms with E-state index < -0.39 is 0 Å². The Morgan fingerprint density at radius 3 is 2.60 bits per heavy atom. The van der Waals surface area contributed by atoms with Crippen LogP contribution >= 0.6 is 0 Å². The molecule has 0 aliphatic heterocycles. The monoisotopic (exact) mass is 210 g/mol. The van der Waals surface area contributed by atoms with Gasteiger partial charge in [0.15, 0.2) is 0 Å². The number of aryl methyl sites for hydroxylation is 1. The fourth-order valence-electron chi connectivity index (χ4n) is 1.51. The molecule has 15 heavy (non-hydrogen) atoms. The lowest BCUT2D eigenvalue weighted by molar-refractivity contribution is 0.461. The molecule has 0 saturated heterocycles. The Bertz CT molecular complexity index is 280. The van der Waals surface area contributed by atoms with E-state index >= 15 is 0 Å². The van der Waals surface area contributed by atoms with Gasteiger partial charge in [0.1, 0.15) is 12.2 Å².